The maximum Gasteiger partial charge on any atom is 0.227 e. The highest BCUT2D eigenvalue weighted by Crippen LogP contribution is 2.19. The topological polar surface area (TPSA) is 75.3 Å². The van der Waals surface area contributed by atoms with Crippen molar-refractivity contribution in [3.05, 3.63) is 65.7 Å². The highest BCUT2D eigenvalue weighted by molar-refractivity contribution is 7.89. The fraction of sp³-hybridized carbons (Fsp3) is 0.350. The van der Waals surface area contributed by atoms with Crippen LogP contribution < -0.4 is 10.6 Å². The van der Waals surface area contributed by atoms with E-state index in [4.69, 9.17) is 0 Å². The minimum Gasteiger partial charge on any atom is -0.326 e. The summed E-state index contributed by atoms with van der Waals surface area (Å²) < 4.78 is 24.9. The largest absolute Gasteiger partial charge is 0.326 e. The van der Waals surface area contributed by atoms with E-state index in [9.17, 15) is 13.2 Å². The van der Waals surface area contributed by atoms with Crippen molar-refractivity contribution < 1.29 is 13.2 Å². The Hall–Kier alpha value is -1.89. The van der Waals surface area contributed by atoms with E-state index < -0.39 is 9.84 Å². The van der Waals surface area contributed by atoms with Crippen LogP contribution >= 0.6 is 12.4 Å². The van der Waals surface area contributed by atoms with Crippen LogP contribution in [0.4, 0.5) is 5.69 Å². The molecule has 0 aliphatic carbocycles. The number of benzene rings is 2. The summed E-state index contributed by atoms with van der Waals surface area (Å²) in [6.45, 7) is 1.71. The Labute approximate surface area is 166 Å². The first-order valence-electron chi connectivity index (χ1n) is 8.87. The molecule has 1 heterocycles. The molecule has 0 unspecified atom stereocenters. The van der Waals surface area contributed by atoms with Crippen molar-refractivity contribution in [3.63, 3.8) is 0 Å². The van der Waals surface area contributed by atoms with E-state index in [1.807, 2.05) is 30.3 Å². The molecule has 0 aromatic heterocycles. The standard InChI is InChI=1S/C20H24N2O3S.ClH/c23-20(18-9-11-21-12-10-18)22-19-8-4-7-17(13-19)15-26(24,25)14-16-5-2-1-3-6-16;/h1-8,13,18,21H,9-12,14-15H2,(H,22,23);1H. The van der Waals surface area contributed by atoms with Crippen molar-refractivity contribution in [1.82, 2.24) is 5.32 Å². The summed E-state index contributed by atoms with van der Waals surface area (Å²) in [5.41, 5.74) is 2.12. The summed E-state index contributed by atoms with van der Waals surface area (Å²) >= 11 is 0. The molecular formula is C20H25ClN2O3S. The van der Waals surface area contributed by atoms with Gasteiger partial charge in [-0.1, -0.05) is 42.5 Å². The molecule has 0 atom stereocenters. The first-order chi connectivity index (χ1) is 12.5. The lowest BCUT2D eigenvalue weighted by atomic mass is 9.97. The molecule has 27 heavy (non-hydrogen) atoms. The number of carbonyl (C=O) groups excluding carboxylic acids is 1. The SMILES string of the molecule is Cl.O=C(Nc1cccc(CS(=O)(=O)Cc2ccccc2)c1)C1CCNCC1. The molecule has 0 radical (unpaired) electrons. The van der Waals surface area contributed by atoms with Gasteiger partial charge in [0.1, 0.15) is 0 Å². The third-order valence-electron chi connectivity index (χ3n) is 4.52. The molecule has 2 aromatic carbocycles. The lowest BCUT2D eigenvalue weighted by Crippen LogP contribution is -2.34. The number of amides is 1. The monoisotopic (exact) mass is 408 g/mol. The maximum absolute atomic E-state index is 12.5. The fourth-order valence-corrected chi connectivity index (χ4v) is 4.69. The van der Waals surface area contributed by atoms with Gasteiger partial charge < -0.3 is 10.6 Å². The number of nitrogens with one attached hydrogen (secondary N) is 2. The Morgan fingerprint density at radius 3 is 2.30 bits per heavy atom. The van der Waals surface area contributed by atoms with Gasteiger partial charge in [-0.15, -0.1) is 12.4 Å². The van der Waals surface area contributed by atoms with Crippen molar-refractivity contribution in [3.8, 4) is 0 Å². The Morgan fingerprint density at radius 2 is 1.59 bits per heavy atom. The van der Waals surface area contributed by atoms with E-state index in [1.165, 1.54) is 0 Å². The van der Waals surface area contributed by atoms with Crippen molar-refractivity contribution in [2.24, 2.45) is 5.92 Å². The molecule has 1 aliphatic rings. The van der Waals surface area contributed by atoms with Gasteiger partial charge in [-0.25, -0.2) is 8.42 Å². The quantitative estimate of drug-likeness (QED) is 0.769. The molecule has 0 bridgehead atoms. The molecule has 146 valence electrons. The predicted octanol–water partition coefficient (Wildman–Crippen LogP) is 3.16. The fourth-order valence-electron chi connectivity index (χ4n) is 3.20. The van der Waals surface area contributed by atoms with Crippen LogP contribution in [0.3, 0.4) is 0 Å². The normalized spacial score (nSPS) is 15.0. The smallest absolute Gasteiger partial charge is 0.227 e. The number of hydrogen-bond acceptors (Lipinski definition) is 4. The minimum atomic E-state index is -3.27. The average Bonchev–Trinajstić information content (AvgIpc) is 2.62. The molecule has 0 spiro atoms. The van der Waals surface area contributed by atoms with Crippen LogP contribution in [0.25, 0.3) is 0 Å². The molecule has 1 saturated heterocycles. The van der Waals surface area contributed by atoms with Crippen molar-refractivity contribution >= 4 is 33.8 Å². The van der Waals surface area contributed by atoms with Gasteiger partial charge in [0.05, 0.1) is 11.5 Å². The highest BCUT2D eigenvalue weighted by Gasteiger charge is 2.21. The van der Waals surface area contributed by atoms with Gasteiger partial charge in [-0.05, 0) is 49.2 Å². The Morgan fingerprint density at radius 1 is 0.963 bits per heavy atom. The van der Waals surface area contributed by atoms with Crippen LogP contribution in [0.15, 0.2) is 54.6 Å². The Balaban J connectivity index is 0.00000261. The van der Waals surface area contributed by atoms with Gasteiger partial charge in [0, 0.05) is 11.6 Å². The second kappa shape index (κ2) is 9.88. The number of carbonyl (C=O) groups is 1. The van der Waals surface area contributed by atoms with Crippen LogP contribution in [0.1, 0.15) is 24.0 Å². The lowest BCUT2D eigenvalue weighted by molar-refractivity contribution is -0.120. The maximum atomic E-state index is 12.5. The first kappa shape index (κ1) is 21.4. The number of halogens is 1. The zero-order chi connectivity index (χ0) is 18.4. The van der Waals surface area contributed by atoms with E-state index in [2.05, 4.69) is 10.6 Å². The van der Waals surface area contributed by atoms with Crippen molar-refractivity contribution in [1.29, 1.82) is 0 Å². The summed E-state index contributed by atoms with van der Waals surface area (Å²) in [4.78, 5) is 12.3. The van der Waals surface area contributed by atoms with Gasteiger partial charge in [-0.2, -0.15) is 0 Å². The lowest BCUT2D eigenvalue weighted by Gasteiger charge is -2.21. The van der Waals surface area contributed by atoms with Gasteiger partial charge in [-0.3, -0.25) is 4.79 Å². The van der Waals surface area contributed by atoms with Crippen molar-refractivity contribution in [2.45, 2.75) is 24.3 Å². The van der Waals surface area contributed by atoms with Gasteiger partial charge in [0.2, 0.25) is 5.91 Å². The van der Waals surface area contributed by atoms with E-state index in [1.54, 1.807) is 24.3 Å². The summed E-state index contributed by atoms with van der Waals surface area (Å²) in [5.74, 6) is -0.00384. The zero-order valence-corrected chi connectivity index (χ0v) is 16.7. The average molecular weight is 409 g/mol. The first-order valence-corrected chi connectivity index (χ1v) is 10.7. The van der Waals surface area contributed by atoms with Crippen LogP contribution in [-0.2, 0) is 26.1 Å². The Bertz CT molecular complexity index is 851. The summed E-state index contributed by atoms with van der Waals surface area (Å²) in [6.07, 6.45) is 1.66. The van der Waals surface area contributed by atoms with E-state index in [0.29, 0.717) is 11.3 Å². The van der Waals surface area contributed by atoms with E-state index in [0.717, 1.165) is 31.5 Å². The second-order valence-electron chi connectivity index (χ2n) is 6.73. The van der Waals surface area contributed by atoms with Gasteiger partial charge >= 0.3 is 0 Å². The van der Waals surface area contributed by atoms with E-state index in [-0.39, 0.29) is 35.7 Å². The molecule has 0 saturated carbocycles. The summed E-state index contributed by atoms with van der Waals surface area (Å²) in [6, 6.07) is 16.3. The van der Waals surface area contributed by atoms with Gasteiger partial charge in [0.25, 0.3) is 0 Å². The highest BCUT2D eigenvalue weighted by atomic mass is 35.5. The zero-order valence-electron chi connectivity index (χ0n) is 15.1. The third-order valence-corrected chi connectivity index (χ3v) is 6.07. The number of anilines is 1. The number of rotatable bonds is 6. The molecule has 1 fully saturated rings. The van der Waals surface area contributed by atoms with Crippen LogP contribution in [-0.4, -0.2) is 27.4 Å². The molecule has 7 heteroatoms. The summed E-state index contributed by atoms with van der Waals surface area (Å²) in [5, 5.41) is 6.17. The van der Waals surface area contributed by atoms with E-state index >= 15 is 0 Å². The molecule has 2 N–H and O–H groups in total. The molecule has 1 aliphatic heterocycles. The molecule has 5 nitrogen and oxygen atoms in total. The van der Waals surface area contributed by atoms with Crippen molar-refractivity contribution in [2.75, 3.05) is 18.4 Å². The molecule has 2 aromatic rings. The number of hydrogen-bond donors (Lipinski definition) is 2. The Kier molecular flexibility index (Phi) is 7.83. The van der Waals surface area contributed by atoms with Gasteiger partial charge in [0.15, 0.2) is 9.84 Å². The molecular weight excluding hydrogens is 384 g/mol. The predicted molar refractivity (Wildman–Crippen MR) is 111 cm³/mol. The van der Waals surface area contributed by atoms with Crippen LogP contribution in [0, 0.1) is 5.92 Å². The molecule has 3 rings (SSSR count). The number of sulfone groups is 1. The van der Waals surface area contributed by atoms with Crippen LogP contribution in [0.5, 0.6) is 0 Å². The summed E-state index contributed by atoms with van der Waals surface area (Å²) in [7, 11) is -3.27. The number of piperidine rings is 1. The minimum absolute atomic E-state index is 0. The third kappa shape index (κ3) is 6.65. The van der Waals surface area contributed by atoms with Crippen LogP contribution in [0.2, 0.25) is 0 Å². The second-order valence-corrected chi connectivity index (χ2v) is 8.80. The molecule has 1 amide bonds.